The first-order valence-electron chi connectivity index (χ1n) is 9.21. The highest BCUT2D eigenvalue weighted by atomic mass is 14.3. The second-order valence-electron chi connectivity index (χ2n) is 7.78. The van der Waals surface area contributed by atoms with Crippen molar-refractivity contribution in [2.45, 2.75) is 51.9 Å². The van der Waals surface area contributed by atoms with Gasteiger partial charge < -0.3 is 0 Å². The largest absolute Gasteiger partial charge is 0.0617 e. The molecule has 1 unspecified atom stereocenters. The van der Waals surface area contributed by atoms with Crippen molar-refractivity contribution in [2.75, 3.05) is 0 Å². The standard InChI is InChI=1S/C24H26/c1-15(2)19-11-7-12-20(16(3)4)24(19)22-14-18-10-5-8-17-9-6-13-21(22)23(17)18/h5-13,15-16,22H,14H2,1-4H3. The minimum absolute atomic E-state index is 0.502. The molecule has 0 bridgehead atoms. The predicted octanol–water partition coefficient (Wildman–Crippen LogP) is 6.77. The number of hydrogen-bond donors (Lipinski definition) is 0. The normalized spacial score (nSPS) is 16.5. The van der Waals surface area contributed by atoms with Crippen LogP contribution in [-0.2, 0) is 6.42 Å². The van der Waals surface area contributed by atoms with Gasteiger partial charge >= 0.3 is 0 Å². The lowest BCUT2D eigenvalue weighted by atomic mass is 9.79. The van der Waals surface area contributed by atoms with Crippen LogP contribution >= 0.6 is 0 Å². The molecule has 3 aromatic carbocycles. The first kappa shape index (κ1) is 15.4. The van der Waals surface area contributed by atoms with Crippen LogP contribution in [-0.4, -0.2) is 0 Å². The van der Waals surface area contributed by atoms with E-state index in [0.29, 0.717) is 17.8 Å². The van der Waals surface area contributed by atoms with E-state index in [2.05, 4.69) is 82.3 Å². The van der Waals surface area contributed by atoms with Gasteiger partial charge in [0.25, 0.3) is 0 Å². The molecule has 0 aromatic heterocycles. The van der Waals surface area contributed by atoms with Crippen molar-refractivity contribution in [3.8, 4) is 0 Å². The molecule has 0 radical (unpaired) electrons. The van der Waals surface area contributed by atoms with E-state index in [1.165, 1.54) is 33.0 Å². The highest BCUT2D eigenvalue weighted by Gasteiger charge is 2.29. The SMILES string of the molecule is CC(C)c1cccc(C(C)C)c1C1Cc2cccc3cccc1c23. The van der Waals surface area contributed by atoms with Crippen LogP contribution in [0.15, 0.2) is 54.6 Å². The fourth-order valence-electron chi connectivity index (χ4n) is 4.51. The van der Waals surface area contributed by atoms with Crippen molar-refractivity contribution in [3.63, 3.8) is 0 Å². The lowest BCUT2D eigenvalue weighted by Crippen LogP contribution is -2.10. The Labute approximate surface area is 145 Å². The highest BCUT2D eigenvalue weighted by molar-refractivity contribution is 5.92. The summed E-state index contributed by atoms with van der Waals surface area (Å²) >= 11 is 0. The van der Waals surface area contributed by atoms with Crippen LogP contribution in [0.2, 0.25) is 0 Å². The highest BCUT2D eigenvalue weighted by Crippen LogP contribution is 2.46. The van der Waals surface area contributed by atoms with E-state index >= 15 is 0 Å². The minimum Gasteiger partial charge on any atom is -0.0617 e. The molecule has 1 atom stereocenters. The first-order chi connectivity index (χ1) is 11.6. The summed E-state index contributed by atoms with van der Waals surface area (Å²) in [5.74, 6) is 1.62. The lowest BCUT2D eigenvalue weighted by molar-refractivity contribution is 0.745. The van der Waals surface area contributed by atoms with Gasteiger partial charge in [-0.25, -0.2) is 0 Å². The summed E-state index contributed by atoms with van der Waals surface area (Å²) in [7, 11) is 0. The molecule has 4 rings (SSSR count). The van der Waals surface area contributed by atoms with Gasteiger partial charge in [0.05, 0.1) is 0 Å². The van der Waals surface area contributed by atoms with Crippen LogP contribution in [0.5, 0.6) is 0 Å². The van der Waals surface area contributed by atoms with Gasteiger partial charge in [0.2, 0.25) is 0 Å². The van der Waals surface area contributed by atoms with Crippen LogP contribution in [0.25, 0.3) is 10.8 Å². The van der Waals surface area contributed by atoms with Crippen LogP contribution in [0.4, 0.5) is 0 Å². The van der Waals surface area contributed by atoms with Crippen LogP contribution in [0.3, 0.4) is 0 Å². The fraction of sp³-hybridized carbons (Fsp3) is 0.333. The molecule has 0 aliphatic heterocycles. The zero-order valence-corrected chi connectivity index (χ0v) is 15.1. The molecule has 0 amide bonds. The van der Waals surface area contributed by atoms with Crippen molar-refractivity contribution >= 4 is 10.8 Å². The second-order valence-corrected chi connectivity index (χ2v) is 7.78. The summed E-state index contributed by atoms with van der Waals surface area (Å²) in [4.78, 5) is 0. The fourth-order valence-corrected chi connectivity index (χ4v) is 4.51. The van der Waals surface area contributed by atoms with Gasteiger partial charge in [0.15, 0.2) is 0 Å². The molecule has 0 heterocycles. The maximum absolute atomic E-state index is 2.35. The third kappa shape index (κ3) is 2.28. The van der Waals surface area contributed by atoms with Gasteiger partial charge in [-0.2, -0.15) is 0 Å². The summed E-state index contributed by atoms with van der Waals surface area (Å²) in [5.41, 5.74) is 7.68. The first-order valence-corrected chi connectivity index (χ1v) is 9.21. The Hall–Kier alpha value is -2.08. The van der Waals surface area contributed by atoms with Gasteiger partial charge in [0.1, 0.15) is 0 Å². The minimum atomic E-state index is 0.502. The van der Waals surface area contributed by atoms with Gasteiger partial charge in [-0.15, -0.1) is 0 Å². The second kappa shape index (κ2) is 5.77. The molecule has 3 aromatic rings. The van der Waals surface area contributed by atoms with E-state index in [1.807, 2.05) is 0 Å². The van der Waals surface area contributed by atoms with Crippen molar-refractivity contribution in [1.29, 1.82) is 0 Å². The summed E-state index contributed by atoms with van der Waals surface area (Å²) in [6.45, 7) is 9.30. The van der Waals surface area contributed by atoms with Crippen molar-refractivity contribution in [3.05, 3.63) is 82.4 Å². The molecule has 0 saturated carbocycles. The monoisotopic (exact) mass is 314 g/mol. The smallest absolute Gasteiger partial charge is 0.0142 e. The summed E-state index contributed by atoms with van der Waals surface area (Å²) in [6.07, 6.45) is 1.14. The molecule has 0 N–H and O–H groups in total. The molecule has 0 heteroatoms. The lowest BCUT2D eigenvalue weighted by Gasteiger charge is -2.25. The van der Waals surface area contributed by atoms with E-state index in [-0.39, 0.29) is 0 Å². The molecule has 0 saturated heterocycles. The molecule has 0 nitrogen and oxygen atoms in total. The van der Waals surface area contributed by atoms with Crippen molar-refractivity contribution in [2.24, 2.45) is 0 Å². The molecule has 1 aliphatic carbocycles. The van der Waals surface area contributed by atoms with Crippen molar-refractivity contribution in [1.82, 2.24) is 0 Å². The Bertz CT molecular complexity index is 868. The van der Waals surface area contributed by atoms with E-state index in [9.17, 15) is 0 Å². The number of rotatable bonds is 3. The van der Waals surface area contributed by atoms with Gasteiger partial charge in [-0.1, -0.05) is 82.3 Å². The number of benzene rings is 3. The van der Waals surface area contributed by atoms with Crippen molar-refractivity contribution < 1.29 is 0 Å². The Morgan fingerprint density at radius 2 is 1.33 bits per heavy atom. The Morgan fingerprint density at radius 1 is 0.750 bits per heavy atom. The van der Waals surface area contributed by atoms with Gasteiger partial charge in [0, 0.05) is 5.92 Å². The molecule has 0 spiro atoms. The van der Waals surface area contributed by atoms with Crippen LogP contribution < -0.4 is 0 Å². The molecule has 122 valence electrons. The molecular weight excluding hydrogens is 288 g/mol. The quantitative estimate of drug-likeness (QED) is 0.500. The van der Waals surface area contributed by atoms with E-state index in [0.717, 1.165) is 6.42 Å². The third-order valence-corrected chi connectivity index (χ3v) is 5.59. The molecule has 0 fully saturated rings. The zero-order valence-electron chi connectivity index (χ0n) is 15.1. The Balaban J connectivity index is 1.98. The average molecular weight is 314 g/mol. The number of hydrogen-bond acceptors (Lipinski definition) is 0. The topological polar surface area (TPSA) is 0 Å². The maximum atomic E-state index is 2.35. The molecule has 24 heavy (non-hydrogen) atoms. The van der Waals surface area contributed by atoms with Crippen LogP contribution in [0.1, 0.15) is 73.3 Å². The van der Waals surface area contributed by atoms with E-state index < -0.39 is 0 Å². The summed E-state index contributed by atoms with van der Waals surface area (Å²) < 4.78 is 0. The summed E-state index contributed by atoms with van der Waals surface area (Å²) in [5, 5.41) is 2.89. The zero-order chi connectivity index (χ0) is 16.8. The molecule has 1 aliphatic rings. The summed E-state index contributed by atoms with van der Waals surface area (Å²) in [6, 6.07) is 20.5. The van der Waals surface area contributed by atoms with Crippen LogP contribution in [0, 0.1) is 0 Å². The maximum Gasteiger partial charge on any atom is 0.0142 e. The Kier molecular flexibility index (Phi) is 3.72. The third-order valence-electron chi connectivity index (χ3n) is 5.59. The Morgan fingerprint density at radius 3 is 1.96 bits per heavy atom. The molecular formula is C24H26. The van der Waals surface area contributed by atoms with Gasteiger partial charge in [-0.05, 0) is 56.8 Å². The van der Waals surface area contributed by atoms with E-state index in [4.69, 9.17) is 0 Å². The predicted molar refractivity (Wildman–Crippen MR) is 104 cm³/mol. The van der Waals surface area contributed by atoms with E-state index in [1.54, 1.807) is 5.56 Å². The van der Waals surface area contributed by atoms with Gasteiger partial charge in [-0.3, -0.25) is 0 Å². The average Bonchev–Trinajstić information content (AvgIpc) is 2.95.